The minimum atomic E-state index is -3.43. The van der Waals surface area contributed by atoms with Crippen molar-refractivity contribution < 1.29 is 13.2 Å². The summed E-state index contributed by atoms with van der Waals surface area (Å²) in [6.07, 6.45) is 0.729. The van der Waals surface area contributed by atoms with Crippen LogP contribution in [0.25, 0.3) is 0 Å². The first-order valence-electron chi connectivity index (χ1n) is 5.96. The first-order chi connectivity index (χ1) is 8.51. The highest BCUT2D eigenvalue weighted by Gasteiger charge is 2.25. The van der Waals surface area contributed by atoms with Gasteiger partial charge in [-0.2, -0.15) is 4.31 Å². The fraction of sp³-hybridized carbons (Fsp3) is 0.500. The summed E-state index contributed by atoms with van der Waals surface area (Å²) in [6.45, 7) is 3.79. The molecule has 0 bridgehead atoms. The lowest BCUT2D eigenvalue weighted by atomic mass is 10.2. The van der Waals surface area contributed by atoms with E-state index < -0.39 is 10.0 Å². The first-order valence-corrected chi connectivity index (χ1v) is 7.40. The van der Waals surface area contributed by atoms with E-state index >= 15 is 0 Å². The maximum absolute atomic E-state index is 12.4. The van der Waals surface area contributed by atoms with Crippen molar-refractivity contribution in [2.24, 2.45) is 0 Å². The van der Waals surface area contributed by atoms with E-state index in [1.54, 1.807) is 25.1 Å². The second-order valence-corrected chi connectivity index (χ2v) is 6.33. The summed E-state index contributed by atoms with van der Waals surface area (Å²) in [5, 5.41) is 0. The van der Waals surface area contributed by atoms with Crippen LogP contribution in [0, 0.1) is 6.92 Å². The van der Waals surface area contributed by atoms with Crippen LogP contribution in [0.3, 0.4) is 0 Å². The van der Waals surface area contributed by atoms with Crippen molar-refractivity contribution in [3.63, 3.8) is 0 Å². The number of aryl methyl sites for hydroxylation is 1. The number of anilines is 1. The van der Waals surface area contributed by atoms with Crippen LogP contribution in [0.1, 0.15) is 12.0 Å². The largest absolute Gasteiger partial charge is 0.399 e. The molecule has 1 fully saturated rings. The van der Waals surface area contributed by atoms with E-state index in [2.05, 4.69) is 0 Å². The van der Waals surface area contributed by atoms with Crippen LogP contribution in [0.2, 0.25) is 0 Å². The second kappa shape index (κ2) is 5.26. The monoisotopic (exact) mass is 270 g/mol. The van der Waals surface area contributed by atoms with Crippen molar-refractivity contribution in [2.75, 3.05) is 32.0 Å². The highest BCUT2D eigenvalue weighted by molar-refractivity contribution is 7.89. The lowest BCUT2D eigenvalue weighted by molar-refractivity contribution is 0.148. The number of sulfonamides is 1. The predicted molar refractivity (Wildman–Crippen MR) is 69.8 cm³/mol. The number of hydrogen-bond donors (Lipinski definition) is 1. The number of rotatable bonds is 2. The minimum Gasteiger partial charge on any atom is -0.399 e. The third-order valence-corrected chi connectivity index (χ3v) is 4.95. The average molecular weight is 270 g/mol. The second-order valence-electron chi connectivity index (χ2n) is 4.39. The molecule has 0 unspecified atom stereocenters. The van der Waals surface area contributed by atoms with Crippen LogP contribution in [-0.4, -0.2) is 39.0 Å². The molecule has 2 N–H and O–H groups in total. The number of nitrogens with zero attached hydrogens (tertiary/aromatic N) is 1. The van der Waals surface area contributed by atoms with Crippen molar-refractivity contribution in [3.05, 3.63) is 23.8 Å². The van der Waals surface area contributed by atoms with Crippen LogP contribution >= 0.6 is 0 Å². The van der Waals surface area contributed by atoms with Gasteiger partial charge in [-0.05, 0) is 37.1 Å². The predicted octanol–water partition coefficient (Wildman–Crippen LogP) is 0.988. The zero-order valence-electron chi connectivity index (χ0n) is 10.4. The number of nitrogen functional groups attached to an aromatic ring is 1. The summed E-state index contributed by atoms with van der Waals surface area (Å²) in [4.78, 5) is 0.302. The van der Waals surface area contributed by atoms with Gasteiger partial charge in [-0.25, -0.2) is 8.42 Å². The summed E-state index contributed by atoms with van der Waals surface area (Å²) in [5.74, 6) is 0. The van der Waals surface area contributed by atoms with Gasteiger partial charge in [0.2, 0.25) is 10.0 Å². The molecule has 1 aliphatic rings. The van der Waals surface area contributed by atoms with Gasteiger partial charge in [-0.3, -0.25) is 0 Å². The van der Waals surface area contributed by atoms with Crippen molar-refractivity contribution in [1.29, 1.82) is 0 Å². The molecule has 0 saturated carbocycles. The molecule has 100 valence electrons. The van der Waals surface area contributed by atoms with Crippen molar-refractivity contribution in [1.82, 2.24) is 4.31 Å². The third-order valence-electron chi connectivity index (χ3n) is 3.06. The minimum absolute atomic E-state index is 0.302. The Kier molecular flexibility index (Phi) is 3.89. The van der Waals surface area contributed by atoms with E-state index in [0.717, 1.165) is 12.0 Å². The molecule has 1 heterocycles. The highest BCUT2D eigenvalue weighted by atomic mass is 32.2. The quantitative estimate of drug-likeness (QED) is 0.813. The van der Waals surface area contributed by atoms with Gasteiger partial charge < -0.3 is 10.5 Å². The Hall–Kier alpha value is -1.11. The average Bonchev–Trinajstić information content (AvgIpc) is 2.61. The van der Waals surface area contributed by atoms with Crippen molar-refractivity contribution in [3.8, 4) is 0 Å². The molecular weight excluding hydrogens is 252 g/mol. The Morgan fingerprint density at radius 3 is 2.78 bits per heavy atom. The molecule has 1 aliphatic heterocycles. The van der Waals surface area contributed by atoms with E-state index in [4.69, 9.17) is 10.5 Å². The van der Waals surface area contributed by atoms with Crippen molar-refractivity contribution in [2.45, 2.75) is 18.2 Å². The molecular formula is C12H18N2O3S. The lowest BCUT2D eigenvalue weighted by Gasteiger charge is -2.19. The molecule has 0 aromatic heterocycles. The zero-order chi connectivity index (χ0) is 13.2. The van der Waals surface area contributed by atoms with Gasteiger partial charge in [-0.1, -0.05) is 0 Å². The summed E-state index contributed by atoms with van der Waals surface area (Å²) in [7, 11) is -3.43. The summed E-state index contributed by atoms with van der Waals surface area (Å²) < 4.78 is 31.6. The Balaban J connectivity index is 2.31. The fourth-order valence-corrected chi connectivity index (χ4v) is 3.47. The third kappa shape index (κ3) is 2.66. The van der Waals surface area contributed by atoms with E-state index in [1.165, 1.54) is 4.31 Å². The van der Waals surface area contributed by atoms with E-state index in [-0.39, 0.29) is 0 Å². The number of nitrogens with two attached hydrogens (primary N) is 1. The highest BCUT2D eigenvalue weighted by Crippen LogP contribution is 2.21. The molecule has 6 heteroatoms. The van der Waals surface area contributed by atoms with Gasteiger partial charge >= 0.3 is 0 Å². The van der Waals surface area contributed by atoms with Gasteiger partial charge in [0.15, 0.2) is 0 Å². The Morgan fingerprint density at radius 1 is 1.28 bits per heavy atom. The standard InChI is InChI=1S/C12H18N2O3S/c1-10-9-11(3-4-12(10)13)18(15,16)14-5-2-7-17-8-6-14/h3-4,9H,2,5-8,13H2,1H3. The summed E-state index contributed by atoms with van der Waals surface area (Å²) >= 11 is 0. The Labute approximate surface area is 108 Å². The smallest absolute Gasteiger partial charge is 0.243 e. The van der Waals surface area contributed by atoms with Crippen LogP contribution in [0.5, 0.6) is 0 Å². The molecule has 18 heavy (non-hydrogen) atoms. The number of ether oxygens (including phenoxy) is 1. The van der Waals surface area contributed by atoms with Gasteiger partial charge in [0.25, 0.3) is 0 Å². The summed E-state index contributed by atoms with van der Waals surface area (Å²) in [5.41, 5.74) is 7.09. The molecule has 0 aliphatic carbocycles. The SMILES string of the molecule is Cc1cc(S(=O)(=O)N2CCCOCC2)ccc1N. The maximum atomic E-state index is 12.4. The normalized spacial score (nSPS) is 18.5. The summed E-state index contributed by atoms with van der Waals surface area (Å²) in [6, 6.07) is 4.82. The molecule has 1 aromatic carbocycles. The molecule has 1 saturated heterocycles. The molecule has 0 spiro atoms. The number of benzene rings is 1. The molecule has 0 radical (unpaired) electrons. The van der Waals surface area contributed by atoms with Crippen LogP contribution < -0.4 is 5.73 Å². The Morgan fingerprint density at radius 2 is 2.06 bits per heavy atom. The van der Waals surface area contributed by atoms with E-state index in [9.17, 15) is 8.42 Å². The van der Waals surface area contributed by atoms with E-state index in [0.29, 0.717) is 36.9 Å². The van der Waals surface area contributed by atoms with Gasteiger partial charge in [0.05, 0.1) is 11.5 Å². The molecule has 2 rings (SSSR count). The Bertz CT molecular complexity index is 520. The van der Waals surface area contributed by atoms with Gasteiger partial charge in [0.1, 0.15) is 0 Å². The van der Waals surface area contributed by atoms with Crippen LogP contribution in [0.15, 0.2) is 23.1 Å². The van der Waals surface area contributed by atoms with E-state index in [1.807, 2.05) is 0 Å². The zero-order valence-corrected chi connectivity index (χ0v) is 11.2. The topological polar surface area (TPSA) is 72.6 Å². The molecule has 0 amide bonds. The van der Waals surface area contributed by atoms with Gasteiger partial charge in [-0.15, -0.1) is 0 Å². The van der Waals surface area contributed by atoms with Crippen LogP contribution in [0.4, 0.5) is 5.69 Å². The van der Waals surface area contributed by atoms with Crippen molar-refractivity contribution >= 4 is 15.7 Å². The lowest BCUT2D eigenvalue weighted by Crippen LogP contribution is -2.33. The number of hydrogen-bond acceptors (Lipinski definition) is 4. The molecule has 5 nitrogen and oxygen atoms in total. The van der Waals surface area contributed by atoms with Gasteiger partial charge in [0, 0.05) is 25.4 Å². The molecule has 1 aromatic rings. The maximum Gasteiger partial charge on any atom is 0.243 e. The van der Waals surface area contributed by atoms with Crippen LogP contribution in [-0.2, 0) is 14.8 Å². The molecule has 0 atom stereocenters. The fourth-order valence-electron chi connectivity index (χ4n) is 1.92. The first kappa shape index (κ1) is 13.3.